The second-order valence-electron chi connectivity index (χ2n) is 5.21. The third-order valence-electron chi connectivity index (χ3n) is 3.39. The van der Waals surface area contributed by atoms with E-state index in [9.17, 15) is 13.6 Å². The van der Waals surface area contributed by atoms with E-state index in [0.717, 1.165) is 17.7 Å². The molecule has 2 N–H and O–H groups in total. The van der Waals surface area contributed by atoms with Crippen LogP contribution in [0.25, 0.3) is 0 Å². The Morgan fingerprint density at radius 3 is 2.40 bits per heavy atom. The third kappa shape index (κ3) is 4.35. The maximum absolute atomic E-state index is 13.6. The molecule has 1 amide bonds. The second-order valence-corrected chi connectivity index (χ2v) is 5.21. The number of hydrogen-bond donors (Lipinski definition) is 2. The monoisotopic (exact) mass is 340 g/mol. The Morgan fingerprint density at radius 2 is 1.72 bits per heavy atom. The lowest BCUT2D eigenvalue weighted by Crippen LogP contribution is -2.14. The minimum absolute atomic E-state index is 0.113. The molecule has 0 saturated heterocycles. The molecule has 0 aliphatic heterocycles. The maximum Gasteiger partial charge on any atom is 0.258 e. The van der Waals surface area contributed by atoms with Crippen LogP contribution in [0.15, 0.2) is 60.9 Å². The molecule has 0 unspecified atom stereocenters. The quantitative estimate of drug-likeness (QED) is 0.744. The number of nitrogens with zero attached hydrogens (tertiary/aromatic N) is 2. The topological polar surface area (TPSA) is 66.9 Å². The summed E-state index contributed by atoms with van der Waals surface area (Å²) in [6.07, 6.45) is 2.66. The maximum atomic E-state index is 13.6. The number of aromatic nitrogens is 2. The smallest absolute Gasteiger partial charge is 0.258 e. The average Bonchev–Trinajstić information content (AvgIpc) is 2.63. The van der Waals surface area contributed by atoms with E-state index in [0.29, 0.717) is 18.6 Å². The lowest BCUT2D eigenvalue weighted by molar-refractivity contribution is 0.102. The first-order valence-corrected chi connectivity index (χ1v) is 7.48. The largest absolute Gasteiger partial charge is 0.350 e. The number of halogens is 2. The molecular formula is C18H14F2N4O. The zero-order valence-corrected chi connectivity index (χ0v) is 13.0. The van der Waals surface area contributed by atoms with Crippen molar-refractivity contribution in [3.8, 4) is 0 Å². The van der Waals surface area contributed by atoms with Gasteiger partial charge in [-0.05, 0) is 17.7 Å². The van der Waals surface area contributed by atoms with Crippen LogP contribution in [0, 0.1) is 11.6 Å². The third-order valence-corrected chi connectivity index (χ3v) is 3.39. The van der Waals surface area contributed by atoms with Crippen LogP contribution in [0.3, 0.4) is 0 Å². The molecule has 0 aliphatic rings. The van der Waals surface area contributed by atoms with Gasteiger partial charge in [0.25, 0.3) is 5.91 Å². The fourth-order valence-electron chi connectivity index (χ4n) is 2.10. The number of nitrogens with one attached hydrogen (secondary N) is 2. The summed E-state index contributed by atoms with van der Waals surface area (Å²) in [7, 11) is 0. The van der Waals surface area contributed by atoms with Gasteiger partial charge in [-0.3, -0.25) is 4.79 Å². The number of carbonyl (C=O) groups is 1. The summed E-state index contributed by atoms with van der Waals surface area (Å²) in [4.78, 5) is 20.2. The van der Waals surface area contributed by atoms with Gasteiger partial charge in [-0.15, -0.1) is 0 Å². The van der Waals surface area contributed by atoms with E-state index < -0.39 is 17.5 Å². The fourth-order valence-corrected chi connectivity index (χ4v) is 2.10. The van der Waals surface area contributed by atoms with Gasteiger partial charge in [0.2, 0.25) is 5.95 Å². The van der Waals surface area contributed by atoms with Crippen molar-refractivity contribution < 1.29 is 13.6 Å². The molecule has 0 saturated carbocycles. The first-order chi connectivity index (χ1) is 12.1. The molecule has 2 aromatic carbocycles. The highest BCUT2D eigenvalue weighted by atomic mass is 19.1. The van der Waals surface area contributed by atoms with Crippen molar-refractivity contribution in [2.75, 3.05) is 10.6 Å². The van der Waals surface area contributed by atoms with Crippen molar-refractivity contribution >= 4 is 17.5 Å². The molecule has 0 fully saturated rings. The van der Waals surface area contributed by atoms with Gasteiger partial charge in [0.05, 0.1) is 11.3 Å². The highest BCUT2D eigenvalue weighted by molar-refractivity contribution is 6.03. The van der Waals surface area contributed by atoms with E-state index in [1.54, 1.807) is 0 Å². The summed E-state index contributed by atoms with van der Waals surface area (Å²) in [5, 5.41) is 5.39. The standard InChI is InChI=1S/C18H14F2N4O/c19-14-6-7-16(15(20)8-14)24-17(25)13-10-22-18(23-11-13)21-9-12-4-2-1-3-5-12/h1-8,10-11H,9H2,(H,24,25)(H,21,22,23). The zero-order valence-electron chi connectivity index (χ0n) is 13.0. The van der Waals surface area contributed by atoms with E-state index in [2.05, 4.69) is 20.6 Å². The number of hydrogen-bond acceptors (Lipinski definition) is 4. The Kier molecular flexibility index (Phi) is 4.94. The van der Waals surface area contributed by atoms with Crippen LogP contribution in [0.5, 0.6) is 0 Å². The molecule has 126 valence electrons. The summed E-state index contributed by atoms with van der Waals surface area (Å²) >= 11 is 0. The summed E-state index contributed by atoms with van der Waals surface area (Å²) in [6, 6.07) is 12.6. The lowest BCUT2D eigenvalue weighted by atomic mass is 10.2. The van der Waals surface area contributed by atoms with E-state index >= 15 is 0 Å². The van der Waals surface area contributed by atoms with Crippen molar-refractivity contribution in [2.45, 2.75) is 6.54 Å². The Balaban J connectivity index is 1.62. The minimum atomic E-state index is -0.851. The first kappa shape index (κ1) is 16.5. The predicted octanol–water partition coefficient (Wildman–Crippen LogP) is 3.62. The van der Waals surface area contributed by atoms with Crippen molar-refractivity contribution in [3.63, 3.8) is 0 Å². The van der Waals surface area contributed by atoms with Gasteiger partial charge in [0.1, 0.15) is 11.6 Å². The van der Waals surface area contributed by atoms with Gasteiger partial charge < -0.3 is 10.6 Å². The van der Waals surface area contributed by atoms with Crippen LogP contribution < -0.4 is 10.6 Å². The first-order valence-electron chi connectivity index (χ1n) is 7.48. The number of amides is 1. The predicted molar refractivity (Wildman–Crippen MR) is 90.1 cm³/mol. The molecule has 5 nitrogen and oxygen atoms in total. The van der Waals surface area contributed by atoms with Crippen LogP contribution in [-0.2, 0) is 6.54 Å². The molecule has 0 atom stereocenters. The fraction of sp³-hybridized carbons (Fsp3) is 0.0556. The molecule has 0 spiro atoms. The Labute approximate surface area is 142 Å². The van der Waals surface area contributed by atoms with E-state index in [-0.39, 0.29) is 11.3 Å². The molecule has 25 heavy (non-hydrogen) atoms. The van der Waals surface area contributed by atoms with E-state index in [1.165, 1.54) is 12.4 Å². The highest BCUT2D eigenvalue weighted by Gasteiger charge is 2.11. The zero-order chi connectivity index (χ0) is 17.6. The molecule has 3 aromatic rings. The summed E-state index contributed by atoms with van der Waals surface area (Å²) in [5.41, 5.74) is 1.12. The number of anilines is 2. The molecule has 0 radical (unpaired) electrons. The minimum Gasteiger partial charge on any atom is -0.350 e. The molecule has 0 aliphatic carbocycles. The summed E-state index contributed by atoms with van der Waals surface area (Å²) in [5.74, 6) is -1.78. The number of carbonyl (C=O) groups excluding carboxylic acids is 1. The summed E-state index contributed by atoms with van der Waals surface area (Å²) < 4.78 is 26.4. The molecule has 3 rings (SSSR count). The SMILES string of the molecule is O=C(Nc1ccc(F)cc1F)c1cnc(NCc2ccccc2)nc1. The van der Waals surface area contributed by atoms with E-state index in [4.69, 9.17) is 0 Å². The van der Waals surface area contributed by atoms with Gasteiger partial charge in [-0.25, -0.2) is 18.7 Å². The molecular weight excluding hydrogens is 326 g/mol. The lowest BCUT2D eigenvalue weighted by Gasteiger charge is -2.07. The van der Waals surface area contributed by atoms with Crippen LogP contribution >= 0.6 is 0 Å². The van der Waals surface area contributed by atoms with Crippen LogP contribution in [0.2, 0.25) is 0 Å². The van der Waals surface area contributed by atoms with Crippen molar-refractivity contribution in [3.05, 3.63) is 83.7 Å². The second kappa shape index (κ2) is 7.48. The van der Waals surface area contributed by atoms with Gasteiger partial charge in [-0.2, -0.15) is 0 Å². The summed E-state index contributed by atoms with van der Waals surface area (Å²) in [6.45, 7) is 0.549. The van der Waals surface area contributed by atoms with Crippen molar-refractivity contribution in [1.82, 2.24) is 9.97 Å². The van der Waals surface area contributed by atoms with Crippen molar-refractivity contribution in [2.24, 2.45) is 0 Å². The van der Waals surface area contributed by atoms with Gasteiger partial charge in [-0.1, -0.05) is 30.3 Å². The Morgan fingerprint density at radius 1 is 1.00 bits per heavy atom. The van der Waals surface area contributed by atoms with Gasteiger partial charge in [0, 0.05) is 25.0 Å². The van der Waals surface area contributed by atoms with Gasteiger partial charge in [0.15, 0.2) is 0 Å². The average molecular weight is 340 g/mol. The number of benzene rings is 2. The van der Waals surface area contributed by atoms with Crippen LogP contribution in [-0.4, -0.2) is 15.9 Å². The number of rotatable bonds is 5. The molecule has 7 heteroatoms. The molecule has 0 bridgehead atoms. The molecule has 1 heterocycles. The molecule has 1 aromatic heterocycles. The van der Waals surface area contributed by atoms with Crippen LogP contribution in [0.1, 0.15) is 15.9 Å². The van der Waals surface area contributed by atoms with E-state index in [1.807, 2.05) is 30.3 Å². The normalized spacial score (nSPS) is 10.3. The van der Waals surface area contributed by atoms with Gasteiger partial charge >= 0.3 is 0 Å². The Bertz CT molecular complexity index is 870. The Hall–Kier alpha value is -3.35. The van der Waals surface area contributed by atoms with Crippen molar-refractivity contribution in [1.29, 1.82) is 0 Å². The highest BCUT2D eigenvalue weighted by Crippen LogP contribution is 2.16. The van der Waals surface area contributed by atoms with Crippen LogP contribution in [0.4, 0.5) is 20.4 Å².